The topological polar surface area (TPSA) is 18.5 Å². The molecular formula is C30H38O2. The highest BCUT2D eigenvalue weighted by Crippen LogP contribution is 2.33. The van der Waals surface area contributed by atoms with E-state index in [-0.39, 0.29) is 11.0 Å². The first-order valence-electron chi connectivity index (χ1n) is 12.0. The van der Waals surface area contributed by atoms with Crippen LogP contribution in [0.4, 0.5) is 0 Å². The molecule has 0 spiro atoms. The Hall–Kier alpha value is -2.74. The van der Waals surface area contributed by atoms with Crippen LogP contribution in [0.15, 0.2) is 72.8 Å². The molecular weight excluding hydrogens is 392 g/mol. The zero-order valence-corrected chi connectivity index (χ0v) is 20.6. The van der Waals surface area contributed by atoms with Crippen molar-refractivity contribution < 1.29 is 9.47 Å². The van der Waals surface area contributed by atoms with Crippen LogP contribution >= 0.6 is 0 Å². The minimum Gasteiger partial charge on any atom is -0.487 e. The molecule has 0 aromatic heterocycles. The van der Waals surface area contributed by atoms with Crippen molar-refractivity contribution in [3.8, 4) is 28.4 Å². The fourth-order valence-electron chi connectivity index (χ4n) is 3.85. The highest BCUT2D eigenvalue weighted by molar-refractivity contribution is 5.64. The van der Waals surface area contributed by atoms with Gasteiger partial charge in [-0.05, 0) is 79.0 Å². The van der Waals surface area contributed by atoms with Crippen LogP contribution in [0, 0.1) is 0 Å². The van der Waals surface area contributed by atoms with E-state index in [0.29, 0.717) is 0 Å². The molecule has 0 aliphatic rings. The Bertz CT molecular complexity index is 978. The molecule has 0 bridgehead atoms. The Morgan fingerprint density at radius 2 is 1.12 bits per heavy atom. The minimum atomic E-state index is -0.151. The molecule has 170 valence electrons. The van der Waals surface area contributed by atoms with Gasteiger partial charge in [0.1, 0.15) is 22.8 Å². The Balaban J connectivity index is 1.71. The second-order valence-corrected chi connectivity index (χ2v) is 9.21. The van der Waals surface area contributed by atoms with Crippen LogP contribution in [0.25, 0.3) is 11.1 Å². The summed E-state index contributed by atoms with van der Waals surface area (Å²) in [4.78, 5) is 0. The van der Waals surface area contributed by atoms with Crippen molar-refractivity contribution >= 4 is 0 Å². The number of hydrogen-bond acceptors (Lipinski definition) is 2. The quantitative estimate of drug-likeness (QED) is 0.319. The van der Waals surface area contributed by atoms with E-state index in [1.54, 1.807) is 0 Å². The summed E-state index contributed by atoms with van der Waals surface area (Å²) in [6.07, 6.45) is 4.23. The second kappa shape index (κ2) is 10.3. The molecule has 2 nitrogen and oxygen atoms in total. The Labute approximate surface area is 194 Å². The van der Waals surface area contributed by atoms with Gasteiger partial charge in [0.2, 0.25) is 0 Å². The average molecular weight is 431 g/mol. The summed E-state index contributed by atoms with van der Waals surface area (Å²) in [6, 6.07) is 25.2. The van der Waals surface area contributed by atoms with Gasteiger partial charge in [-0.3, -0.25) is 0 Å². The lowest BCUT2D eigenvalue weighted by Gasteiger charge is -2.28. The Morgan fingerprint density at radius 3 is 1.66 bits per heavy atom. The zero-order chi connectivity index (χ0) is 23.2. The third-order valence-electron chi connectivity index (χ3n) is 7.23. The van der Waals surface area contributed by atoms with Crippen LogP contribution in [-0.2, 0) is 5.41 Å². The average Bonchev–Trinajstić information content (AvgIpc) is 2.84. The first kappa shape index (κ1) is 23.9. The molecule has 2 heteroatoms. The SMILES string of the molecule is CCC(C)(CC)Oc1cccc(Oc2ccc(-c3ccc(C(C)(CC)CC)cc3)cc2)c1. The summed E-state index contributed by atoms with van der Waals surface area (Å²) in [6.45, 7) is 13.3. The fourth-order valence-corrected chi connectivity index (χ4v) is 3.85. The maximum atomic E-state index is 6.23. The molecule has 0 heterocycles. The lowest BCUT2D eigenvalue weighted by atomic mass is 9.77. The molecule has 0 N–H and O–H groups in total. The maximum Gasteiger partial charge on any atom is 0.131 e. The number of benzene rings is 3. The van der Waals surface area contributed by atoms with Gasteiger partial charge in [0.25, 0.3) is 0 Å². The van der Waals surface area contributed by atoms with Crippen LogP contribution in [0.3, 0.4) is 0 Å². The monoisotopic (exact) mass is 430 g/mol. The summed E-state index contributed by atoms with van der Waals surface area (Å²) in [5.41, 5.74) is 3.93. The van der Waals surface area contributed by atoms with Crippen molar-refractivity contribution in [1.82, 2.24) is 0 Å². The van der Waals surface area contributed by atoms with E-state index >= 15 is 0 Å². The third-order valence-corrected chi connectivity index (χ3v) is 7.23. The zero-order valence-electron chi connectivity index (χ0n) is 20.6. The van der Waals surface area contributed by atoms with Crippen molar-refractivity contribution in [2.75, 3.05) is 0 Å². The predicted octanol–water partition coefficient (Wildman–Crippen LogP) is 9.18. The van der Waals surface area contributed by atoms with E-state index in [1.807, 2.05) is 36.4 Å². The molecule has 3 aromatic rings. The molecule has 32 heavy (non-hydrogen) atoms. The smallest absolute Gasteiger partial charge is 0.131 e. The molecule has 3 rings (SSSR count). The molecule has 0 unspecified atom stereocenters. The number of ether oxygens (including phenoxy) is 2. The van der Waals surface area contributed by atoms with E-state index in [9.17, 15) is 0 Å². The molecule has 3 aromatic carbocycles. The summed E-state index contributed by atoms with van der Waals surface area (Å²) in [5, 5.41) is 0. The van der Waals surface area contributed by atoms with E-state index in [4.69, 9.17) is 9.47 Å². The fraction of sp³-hybridized carbons (Fsp3) is 0.400. The van der Waals surface area contributed by atoms with E-state index in [2.05, 4.69) is 77.9 Å². The summed E-state index contributed by atoms with van der Waals surface area (Å²) in [7, 11) is 0. The number of hydrogen-bond donors (Lipinski definition) is 0. The van der Waals surface area contributed by atoms with Crippen molar-refractivity contribution in [1.29, 1.82) is 0 Å². The van der Waals surface area contributed by atoms with Crippen molar-refractivity contribution in [2.24, 2.45) is 0 Å². The largest absolute Gasteiger partial charge is 0.487 e. The van der Waals surface area contributed by atoms with Crippen molar-refractivity contribution in [3.05, 3.63) is 78.4 Å². The highest BCUT2D eigenvalue weighted by atomic mass is 16.5. The molecule has 0 aliphatic carbocycles. The van der Waals surface area contributed by atoms with Gasteiger partial charge in [-0.1, -0.05) is 77.1 Å². The van der Waals surface area contributed by atoms with Gasteiger partial charge in [-0.15, -0.1) is 0 Å². The predicted molar refractivity (Wildman–Crippen MR) is 136 cm³/mol. The van der Waals surface area contributed by atoms with Gasteiger partial charge >= 0.3 is 0 Å². The Morgan fingerprint density at radius 1 is 0.594 bits per heavy atom. The third kappa shape index (κ3) is 5.54. The van der Waals surface area contributed by atoms with Crippen molar-refractivity contribution in [3.63, 3.8) is 0 Å². The molecule has 0 radical (unpaired) electrons. The van der Waals surface area contributed by atoms with Crippen LogP contribution in [-0.4, -0.2) is 5.60 Å². The first-order valence-corrected chi connectivity index (χ1v) is 12.0. The summed E-state index contributed by atoms with van der Waals surface area (Å²) < 4.78 is 12.3. The summed E-state index contributed by atoms with van der Waals surface area (Å²) in [5.74, 6) is 2.45. The van der Waals surface area contributed by atoms with Gasteiger partial charge in [0.05, 0.1) is 0 Å². The lowest BCUT2D eigenvalue weighted by molar-refractivity contribution is 0.0801. The van der Waals surface area contributed by atoms with E-state index in [1.165, 1.54) is 16.7 Å². The minimum absolute atomic E-state index is 0.151. The molecule has 0 saturated carbocycles. The maximum absolute atomic E-state index is 6.23. The number of rotatable bonds is 10. The van der Waals surface area contributed by atoms with Gasteiger partial charge in [-0.2, -0.15) is 0 Å². The highest BCUT2D eigenvalue weighted by Gasteiger charge is 2.22. The standard InChI is InChI=1S/C30H38O2/c1-7-29(5,8-2)25-18-14-23(15-19-25)24-16-20-26(21-17-24)31-27-12-11-13-28(22-27)32-30(6,9-3)10-4/h11-22H,7-10H2,1-6H3. The van der Waals surface area contributed by atoms with Gasteiger partial charge in [-0.25, -0.2) is 0 Å². The van der Waals surface area contributed by atoms with Gasteiger partial charge in [0, 0.05) is 6.07 Å². The van der Waals surface area contributed by atoms with E-state index < -0.39 is 0 Å². The second-order valence-electron chi connectivity index (χ2n) is 9.21. The Kier molecular flexibility index (Phi) is 7.66. The molecule has 0 fully saturated rings. The lowest BCUT2D eigenvalue weighted by Crippen LogP contribution is -2.30. The normalized spacial score (nSPS) is 11.9. The van der Waals surface area contributed by atoms with Crippen LogP contribution in [0.5, 0.6) is 17.2 Å². The molecule has 0 atom stereocenters. The van der Waals surface area contributed by atoms with Gasteiger partial charge < -0.3 is 9.47 Å². The van der Waals surface area contributed by atoms with E-state index in [0.717, 1.165) is 42.9 Å². The molecule has 0 amide bonds. The molecule has 0 aliphatic heterocycles. The van der Waals surface area contributed by atoms with Crippen LogP contribution in [0.1, 0.15) is 72.8 Å². The van der Waals surface area contributed by atoms with Crippen molar-refractivity contribution in [2.45, 2.75) is 78.2 Å². The first-order chi connectivity index (χ1) is 15.3. The summed E-state index contributed by atoms with van der Waals surface area (Å²) >= 11 is 0. The molecule has 0 saturated heterocycles. The van der Waals surface area contributed by atoms with Gasteiger partial charge in [0.15, 0.2) is 0 Å². The van der Waals surface area contributed by atoms with Crippen LogP contribution < -0.4 is 9.47 Å². The van der Waals surface area contributed by atoms with Crippen LogP contribution in [0.2, 0.25) is 0 Å².